The summed E-state index contributed by atoms with van der Waals surface area (Å²) >= 11 is 12.1. The highest BCUT2D eigenvalue weighted by molar-refractivity contribution is 6.35. The van der Waals surface area contributed by atoms with Crippen LogP contribution in [0.1, 0.15) is 34.3 Å². The number of hydrogen-bond donors (Lipinski definition) is 1. The van der Waals surface area contributed by atoms with Gasteiger partial charge < -0.3 is 10.2 Å². The summed E-state index contributed by atoms with van der Waals surface area (Å²) in [6.07, 6.45) is 0. The lowest BCUT2D eigenvalue weighted by Gasteiger charge is -2.14. The lowest BCUT2D eigenvalue weighted by atomic mass is 9.96. The largest absolute Gasteiger partial charge is 0.466 e. The fraction of sp³-hybridized carbons (Fsp3) is 0.286. The molecule has 2 aromatic rings. The van der Waals surface area contributed by atoms with E-state index in [1.165, 1.54) is 0 Å². The lowest BCUT2D eigenvalue weighted by molar-refractivity contribution is 0.498. The Morgan fingerprint density at radius 3 is 2.28 bits per heavy atom. The molecule has 1 heterocycles. The first-order chi connectivity index (χ1) is 8.41. The molecule has 2 nitrogen and oxygen atoms in total. The van der Waals surface area contributed by atoms with Gasteiger partial charge in [-0.15, -0.1) is 0 Å². The predicted molar refractivity (Wildman–Crippen MR) is 75.4 cm³/mol. The molecule has 0 spiro atoms. The third-order valence-electron chi connectivity index (χ3n) is 3.23. The summed E-state index contributed by atoms with van der Waals surface area (Å²) < 4.78 is 5.60. The molecule has 0 saturated heterocycles. The molecule has 1 unspecified atom stereocenters. The molecule has 96 valence electrons. The first kappa shape index (κ1) is 13.5. The van der Waals surface area contributed by atoms with Crippen LogP contribution in [0, 0.1) is 20.8 Å². The molecule has 4 heteroatoms. The van der Waals surface area contributed by atoms with Crippen molar-refractivity contribution in [2.24, 2.45) is 5.73 Å². The van der Waals surface area contributed by atoms with Crippen LogP contribution in [0.3, 0.4) is 0 Å². The molecule has 2 N–H and O–H groups in total. The third-order valence-corrected chi connectivity index (χ3v) is 3.79. The van der Waals surface area contributed by atoms with Crippen molar-refractivity contribution in [2.75, 3.05) is 0 Å². The summed E-state index contributed by atoms with van der Waals surface area (Å²) in [5, 5.41) is 1.18. The van der Waals surface area contributed by atoms with E-state index >= 15 is 0 Å². The predicted octanol–water partition coefficient (Wildman–Crippen LogP) is 4.56. The van der Waals surface area contributed by atoms with Crippen molar-refractivity contribution >= 4 is 23.2 Å². The highest BCUT2D eigenvalue weighted by Crippen LogP contribution is 2.33. The van der Waals surface area contributed by atoms with Crippen LogP contribution in [0.5, 0.6) is 0 Å². The topological polar surface area (TPSA) is 39.2 Å². The Balaban J connectivity index is 2.51. The molecule has 0 aliphatic rings. The number of halogens is 2. The number of nitrogens with two attached hydrogens (primary N) is 1. The van der Waals surface area contributed by atoms with Gasteiger partial charge in [0.05, 0.1) is 6.04 Å². The second kappa shape index (κ2) is 4.96. The summed E-state index contributed by atoms with van der Waals surface area (Å²) in [7, 11) is 0. The molecule has 0 aliphatic heterocycles. The number of furan rings is 1. The Labute approximate surface area is 117 Å². The van der Waals surface area contributed by atoms with E-state index < -0.39 is 0 Å². The van der Waals surface area contributed by atoms with Crippen LogP contribution in [-0.4, -0.2) is 0 Å². The van der Waals surface area contributed by atoms with E-state index in [4.69, 9.17) is 33.4 Å². The average molecular weight is 284 g/mol. The van der Waals surface area contributed by atoms with Crippen LogP contribution in [0.25, 0.3) is 0 Å². The van der Waals surface area contributed by atoms with E-state index in [-0.39, 0.29) is 6.04 Å². The molecule has 0 aliphatic carbocycles. The van der Waals surface area contributed by atoms with Gasteiger partial charge in [0, 0.05) is 15.6 Å². The van der Waals surface area contributed by atoms with Gasteiger partial charge in [-0.3, -0.25) is 0 Å². The minimum atomic E-state index is -0.299. The summed E-state index contributed by atoms with van der Waals surface area (Å²) in [4.78, 5) is 0. The van der Waals surface area contributed by atoms with Crippen molar-refractivity contribution in [1.82, 2.24) is 0 Å². The normalized spacial score (nSPS) is 12.8. The summed E-state index contributed by atoms with van der Waals surface area (Å²) in [5.74, 6) is 1.73. The molecule has 2 rings (SSSR count). The number of hydrogen-bond acceptors (Lipinski definition) is 2. The highest BCUT2D eigenvalue weighted by Gasteiger charge is 2.21. The standard InChI is InChI=1S/C14H15Cl2NO/c1-7-8(2)18-9(3)13(7)14(17)11-5-4-10(15)6-12(11)16/h4-6,14H,17H2,1-3H3. The Bertz CT molecular complexity index is 590. The van der Waals surface area contributed by atoms with Crippen LogP contribution in [0.4, 0.5) is 0 Å². The SMILES string of the molecule is Cc1oc(C)c(C(N)c2ccc(Cl)cc2Cl)c1C. The first-order valence-corrected chi connectivity index (χ1v) is 6.44. The Kier molecular flexibility index (Phi) is 3.71. The third kappa shape index (κ3) is 2.28. The summed E-state index contributed by atoms with van der Waals surface area (Å²) in [5.41, 5.74) is 9.22. The van der Waals surface area contributed by atoms with Crippen molar-refractivity contribution in [1.29, 1.82) is 0 Å². The van der Waals surface area contributed by atoms with Gasteiger partial charge in [0.1, 0.15) is 11.5 Å². The van der Waals surface area contributed by atoms with Crippen LogP contribution in [0.15, 0.2) is 22.6 Å². The second-order valence-corrected chi connectivity index (χ2v) is 5.24. The van der Waals surface area contributed by atoms with Crippen molar-refractivity contribution in [2.45, 2.75) is 26.8 Å². The average Bonchev–Trinajstić information content (AvgIpc) is 2.52. The molecule has 0 amide bonds. The van der Waals surface area contributed by atoms with Crippen molar-refractivity contribution < 1.29 is 4.42 Å². The zero-order valence-corrected chi connectivity index (χ0v) is 12.1. The molecule has 1 atom stereocenters. The smallest absolute Gasteiger partial charge is 0.106 e. The van der Waals surface area contributed by atoms with E-state index in [9.17, 15) is 0 Å². The Morgan fingerprint density at radius 2 is 1.78 bits per heavy atom. The molecule has 0 radical (unpaired) electrons. The molecule has 0 bridgehead atoms. The van der Waals surface area contributed by atoms with Gasteiger partial charge >= 0.3 is 0 Å². The zero-order valence-electron chi connectivity index (χ0n) is 10.6. The molecule has 0 fully saturated rings. The number of aryl methyl sites for hydroxylation is 2. The van der Waals surface area contributed by atoms with Gasteiger partial charge in [-0.2, -0.15) is 0 Å². The number of rotatable bonds is 2. The van der Waals surface area contributed by atoms with E-state index in [0.717, 1.165) is 28.2 Å². The molecular formula is C14H15Cl2NO. The maximum atomic E-state index is 6.29. The van der Waals surface area contributed by atoms with Crippen LogP contribution >= 0.6 is 23.2 Å². The van der Waals surface area contributed by atoms with Crippen molar-refractivity contribution in [3.63, 3.8) is 0 Å². The summed E-state index contributed by atoms with van der Waals surface area (Å²) in [6, 6.07) is 5.05. The van der Waals surface area contributed by atoms with Crippen molar-refractivity contribution in [3.05, 3.63) is 56.5 Å². The van der Waals surface area contributed by atoms with Gasteiger partial charge in [-0.1, -0.05) is 29.3 Å². The highest BCUT2D eigenvalue weighted by atomic mass is 35.5. The maximum Gasteiger partial charge on any atom is 0.106 e. The van der Waals surface area contributed by atoms with Gasteiger partial charge in [0.25, 0.3) is 0 Å². The molecule has 1 aromatic carbocycles. The second-order valence-electron chi connectivity index (χ2n) is 4.40. The Morgan fingerprint density at radius 1 is 1.11 bits per heavy atom. The minimum absolute atomic E-state index is 0.299. The van der Waals surface area contributed by atoms with Crippen LogP contribution < -0.4 is 5.73 Å². The van der Waals surface area contributed by atoms with Crippen LogP contribution in [0.2, 0.25) is 10.0 Å². The first-order valence-electron chi connectivity index (χ1n) is 5.68. The fourth-order valence-electron chi connectivity index (χ4n) is 2.18. The van der Waals surface area contributed by atoms with Gasteiger partial charge in [0.2, 0.25) is 0 Å². The monoisotopic (exact) mass is 283 g/mol. The quantitative estimate of drug-likeness (QED) is 0.878. The van der Waals surface area contributed by atoms with E-state index in [1.807, 2.05) is 26.8 Å². The summed E-state index contributed by atoms with van der Waals surface area (Å²) in [6.45, 7) is 5.85. The molecular weight excluding hydrogens is 269 g/mol. The van der Waals surface area contributed by atoms with Gasteiger partial charge in [0.15, 0.2) is 0 Å². The minimum Gasteiger partial charge on any atom is -0.466 e. The number of benzene rings is 1. The van der Waals surface area contributed by atoms with Crippen LogP contribution in [-0.2, 0) is 0 Å². The lowest BCUT2D eigenvalue weighted by Crippen LogP contribution is -2.14. The van der Waals surface area contributed by atoms with E-state index in [0.29, 0.717) is 10.0 Å². The van der Waals surface area contributed by atoms with Gasteiger partial charge in [-0.05, 0) is 44.0 Å². The van der Waals surface area contributed by atoms with E-state index in [1.54, 1.807) is 12.1 Å². The van der Waals surface area contributed by atoms with Crippen molar-refractivity contribution in [3.8, 4) is 0 Å². The fourth-order valence-corrected chi connectivity index (χ4v) is 2.70. The molecule has 0 saturated carbocycles. The molecule has 18 heavy (non-hydrogen) atoms. The molecule has 1 aromatic heterocycles. The zero-order chi connectivity index (χ0) is 13.4. The maximum absolute atomic E-state index is 6.29. The van der Waals surface area contributed by atoms with E-state index in [2.05, 4.69) is 0 Å². The van der Waals surface area contributed by atoms with Gasteiger partial charge in [-0.25, -0.2) is 0 Å². The Hall–Kier alpha value is -0.960.